The van der Waals surface area contributed by atoms with E-state index in [0.29, 0.717) is 23.4 Å². The molecule has 30 heavy (non-hydrogen) atoms. The second-order valence-corrected chi connectivity index (χ2v) is 7.08. The number of anilines is 1. The SMILES string of the molecule is CN(C(=S)NC(=O)c1ccccc1)c1ccccc1C(=O)NCCc1ccccc1. The molecule has 3 aromatic carbocycles. The summed E-state index contributed by atoms with van der Waals surface area (Å²) in [5.74, 6) is -0.484. The van der Waals surface area contributed by atoms with Crippen LogP contribution in [0.4, 0.5) is 5.69 Å². The summed E-state index contributed by atoms with van der Waals surface area (Å²) in [6, 6.07) is 26.0. The molecule has 0 heterocycles. The number of hydrogen-bond acceptors (Lipinski definition) is 3. The predicted molar refractivity (Wildman–Crippen MR) is 124 cm³/mol. The molecule has 2 N–H and O–H groups in total. The topological polar surface area (TPSA) is 61.4 Å². The summed E-state index contributed by atoms with van der Waals surface area (Å²) in [5.41, 5.74) is 2.78. The third kappa shape index (κ3) is 5.52. The van der Waals surface area contributed by atoms with Gasteiger partial charge in [-0.3, -0.25) is 14.9 Å². The molecule has 0 aliphatic heterocycles. The maximum atomic E-state index is 12.8. The fraction of sp³-hybridized carbons (Fsp3) is 0.125. The van der Waals surface area contributed by atoms with Crippen LogP contribution in [0.1, 0.15) is 26.3 Å². The van der Waals surface area contributed by atoms with E-state index in [4.69, 9.17) is 12.2 Å². The van der Waals surface area contributed by atoms with Crippen LogP contribution < -0.4 is 15.5 Å². The third-order valence-corrected chi connectivity index (χ3v) is 4.99. The summed E-state index contributed by atoms with van der Waals surface area (Å²) in [6.45, 7) is 0.524. The van der Waals surface area contributed by atoms with Crippen LogP contribution in [0.15, 0.2) is 84.9 Å². The number of amides is 2. The standard InChI is InChI=1S/C24H23N3O2S/c1-27(24(30)26-22(28)19-12-6-3-7-13-19)21-15-9-8-14-20(21)23(29)25-17-16-18-10-4-2-5-11-18/h2-15H,16-17H2,1H3,(H,25,29)(H,26,28,30). The van der Waals surface area contributed by atoms with E-state index in [0.717, 1.165) is 12.0 Å². The molecule has 0 saturated carbocycles. The van der Waals surface area contributed by atoms with Crippen molar-refractivity contribution in [1.29, 1.82) is 0 Å². The molecule has 0 spiro atoms. The lowest BCUT2D eigenvalue weighted by molar-refractivity contribution is 0.0952. The monoisotopic (exact) mass is 417 g/mol. The third-order valence-electron chi connectivity index (χ3n) is 4.61. The second-order valence-electron chi connectivity index (χ2n) is 6.69. The van der Waals surface area contributed by atoms with Gasteiger partial charge in [0.1, 0.15) is 0 Å². The Morgan fingerprint density at radius 2 is 1.43 bits per heavy atom. The zero-order chi connectivity index (χ0) is 21.3. The first-order chi connectivity index (χ1) is 14.6. The Labute approximate surface area is 181 Å². The Balaban J connectivity index is 1.65. The average Bonchev–Trinajstić information content (AvgIpc) is 2.79. The molecule has 0 fully saturated rings. The van der Waals surface area contributed by atoms with Gasteiger partial charge in [0.25, 0.3) is 11.8 Å². The summed E-state index contributed by atoms with van der Waals surface area (Å²) >= 11 is 5.39. The lowest BCUT2D eigenvalue weighted by atomic mass is 10.1. The number of carbonyl (C=O) groups is 2. The summed E-state index contributed by atoms with van der Waals surface area (Å²) in [7, 11) is 1.73. The van der Waals surface area contributed by atoms with Crippen molar-refractivity contribution >= 4 is 34.8 Å². The lowest BCUT2D eigenvalue weighted by Crippen LogP contribution is -2.41. The lowest BCUT2D eigenvalue weighted by Gasteiger charge is -2.23. The molecule has 5 nitrogen and oxygen atoms in total. The molecule has 2 amide bonds. The maximum absolute atomic E-state index is 12.8. The molecule has 0 aliphatic carbocycles. The molecule has 3 rings (SSSR count). The molecule has 0 aliphatic rings. The Kier molecular flexibility index (Phi) is 7.29. The van der Waals surface area contributed by atoms with Gasteiger partial charge in [0.2, 0.25) is 0 Å². The van der Waals surface area contributed by atoms with Crippen LogP contribution in [0, 0.1) is 0 Å². The minimum atomic E-state index is -0.294. The van der Waals surface area contributed by atoms with Crippen molar-refractivity contribution in [3.63, 3.8) is 0 Å². The van der Waals surface area contributed by atoms with E-state index in [1.54, 1.807) is 54.4 Å². The van der Waals surface area contributed by atoms with E-state index in [1.165, 1.54) is 0 Å². The van der Waals surface area contributed by atoms with E-state index < -0.39 is 0 Å². The van der Waals surface area contributed by atoms with Gasteiger partial charge in [-0.25, -0.2) is 0 Å². The molecule has 0 atom stereocenters. The highest BCUT2D eigenvalue weighted by molar-refractivity contribution is 7.80. The van der Waals surface area contributed by atoms with Gasteiger partial charge in [0, 0.05) is 19.2 Å². The number of benzene rings is 3. The highest BCUT2D eigenvalue weighted by Crippen LogP contribution is 2.19. The van der Waals surface area contributed by atoms with Gasteiger partial charge in [-0.15, -0.1) is 0 Å². The molecular formula is C24H23N3O2S. The highest BCUT2D eigenvalue weighted by atomic mass is 32.1. The zero-order valence-electron chi connectivity index (χ0n) is 16.7. The summed E-state index contributed by atoms with van der Waals surface area (Å²) in [5, 5.41) is 5.88. The van der Waals surface area contributed by atoms with Gasteiger partial charge in [0.15, 0.2) is 5.11 Å². The van der Waals surface area contributed by atoms with Gasteiger partial charge < -0.3 is 10.2 Å². The summed E-state index contributed by atoms with van der Waals surface area (Å²) < 4.78 is 0. The maximum Gasteiger partial charge on any atom is 0.257 e. The van der Waals surface area contributed by atoms with Gasteiger partial charge >= 0.3 is 0 Å². The van der Waals surface area contributed by atoms with Crippen LogP contribution in [0.25, 0.3) is 0 Å². The summed E-state index contributed by atoms with van der Waals surface area (Å²) in [4.78, 5) is 26.8. The number of para-hydroxylation sites is 1. The number of nitrogens with zero attached hydrogens (tertiary/aromatic N) is 1. The largest absolute Gasteiger partial charge is 0.352 e. The quantitative estimate of drug-likeness (QED) is 0.599. The van der Waals surface area contributed by atoms with Crippen molar-refractivity contribution in [1.82, 2.24) is 10.6 Å². The fourth-order valence-electron chi connectivity index (χ4n) is 2.97. The first-order valence-electron chi connectivity index (χ1n) is 9.61. The highest BCUT2D eigenvalue weighted by Gasteiger charge is 2.18. The van der Waals surface area contributed by atoms with Gasteiger partial charge in [0.05, 0.1) is 11.3 Å². The van der Waals surface area contributed by atoms with Crippen molar-refractivity contribution < 1.29 is 9.59 Å². The second kappa shape index (κ2) is 10.3. The molecule has 0 saturated heterocycles. The predicted octanol–water partition coefficient (Wildman–Crippen LogP) is 3.81. The fourth-order valence-corrected chi connectivity index (χ4v) is 3.16. The number of thiocarbonyl (C=S) groups is 1. The van der Waals surface area contributed by atoms with E-state index in [1.807, 2.05) is 42.5 Å². The van der Waals surface area contributed by atoms with Crippen molar-refractivity contribution in [2.75, 3.05) is 18.5 Å². The van der Waals surface area contributed by atoms with Crippen LogP contribution in [-0.2, 0) is 6.42 Å². The van der Waals surface area contributed by atoms with Crippen LogP contribution in [0.2, 0.25) is 0 Å². The normalized spacial score (nSPS) is 10.2. The Morgan fingerprint density at radius 1 is 0.833 bits per heavy atom. The first kappa shape index (κ1) is 21.2. The number of carbonyl (C=O) groups excluding carboxylic acids is 2. The zero-order valence-corrected chi connectivity index (χ0v) is 17.5. The first-order valence-corrected chi connectivity index (χ1v) is 10.0. The molecule has 0 unspecified atom stereocenters. The van der Waals surface area contributed by atoms with E-state index >= 15 is 0 Å². The summed E-state index contributed by atoms with van der Waals surface area (Å²) in [6.07, 6.45) is 0.746. The molecular weight excluding hydrogens is 394 g/mol. The Hall–Kier alpha value is -3.51. The van der Waals surface area contributed by atoms with Crippen molar-refractivity contribution in [3.05, 3.63) is 102 Å². The number of nitrogens with one attached hydrogen (secondary N) is 2. The number of hydrogen-bond donors (Lipinski definition) is 2. The minimum absolute atomic E-state index is 0.189. The van der Waals surface area contributed by atoms with Crippen molar-refractivity contribution in [2.24, 2.45) is 0 Å². The Bertz CT molecular complexity index is 1020. The van der Waals surface area contributed by atoms with Crippen LogP contribution in [0.3, 0.4) is 0 Å². The van der Waals surface area contributed by atoms with Gasteiger partial charge in [-0.2, -0.15) is 0 Å². The molecule has 3 aromatic rings. The van der Waals surface area contributed by atoms with Gasteiger partial charge in [-0.05, 0) is 48.5 Å². The average molecular weight is 418 g/mol. The molecule has 0 radical (unpaired) electrons. The molecule has 0 aromatic heterocycles. The molecule has 6 heteroatoms. The molecule has 152 valence electrons. The molecule has 0 bridgehead atoms. The smallest absolute Gasteiger partial charge is 0.257 e. The van der Waals surface area contributed by atoms with E-state index in [-0.39, 0.29) is 16.9 Å². The van der Waals surface area contributed by atoms with Crippen molar-refractivity contribution in [3.8, 4) is 0 Å². The van der Waals surface area contributed by atoms with E-state index in [2.05, 4.69) is 10.6 Å². The van der Waals surface area contributed by atoms with Crippen LogP contribution >= 0.6 is 12.2 Å². The van der Waals surface area contributed by atoms with E-state index in [9.17, 15) is 9.59 Å². The Morgan fingerprint density at radius 3 is 2.13 bits per heavy atom. The van der Waals surface area contributed by atoms with Gasteiger partial charge in [-0.1, -0.05) is 60.7 Å². The van der Waals surface area contributed by atoms with Crippen LogP contribution in [-0.4, -0.2) is 30.5 Å². The number of rotatable bonds is 6. The van der Waals surface area contributed by atoms with Crippen LogP contribution in [0.5, 0.6) is 0 Å². The minimum Gasteiger partial charge on any atom is -0.352 e. The van der Waals surface area contributed by atoms with Crippen molar-refractivity contribution in [2.45, 2.75) is 6.42 Å².